The molecule has 0 aliphatic carbocycles. The Kier molecular flexibility index (Phi) is 2.63. The minimum Gasteiger partial charge on any atom is -0.482 e. The van der Waals surface area contributed by atoms with E-state index in [1.54, 1.807) is 0 Å². The predicted octanol–water partition coefficient (Wildman–Crippen LogP) is 2.06. The third kappa shape index (κ3) is 1.81. The van der Waals surface area contributed by atoms with Gasteiger partial charge < -0.3 is 15.8 Å². The van der Waals surface area contributed by atoms with Crippen molar-refractivity contribution < 1.29 is 4.74 Å². The monoisotopic (exact) mass is 242 g/mol. The fraction of sp³-hybridized carbons (Fsp3) is 0.333. The predicted molar refractivity (Wildman–Crippen MR) is 73.2 cm³/mol. The Bertz CT molecular complexity index is 513. The quantitative estimate of drug-likeness (QED) is 0.792. The molecule has 0 atom stereocenters. The molecule has 2 aliphatic heterocycles. The van der Waals surface area contributed by atoms with Crippen LogP contribution in [0.25, 0.3) is 5.57 Å². The van der Waals surface area contributed by atoms with Crippen LogP contribution in [0.4, 0.5) is 0 Å². The van der Waals surface area contributed by atoms with Crippen LogP contribution in [-0.2, 0) is 0 Å². The van der Waals surface area contributed by atoms with E-state index in [1.165, 1.54) is 0 Å². The lowest BCUT2D eigenvalue weighted by Gasteiger charge is -2.39. The SMILES string of the molecule is C=C(N)C1=CC2(CCNCC2)Oc2ccccc21. The van der Waals surface area contributed by atoms with E-state index in [2.05, 4.69) is 18.0 Å². The number of para-hydroxylation sites is 1. The Morgan fingerprint density at radius 3 is 2.72 bits per heavy atom. The number of benzene rings is 1. The summed E-state index contributed by atoms with van der Waals surface area (Å²) < 4.78 is 6.23. The lowest BCUT2D eigenvalue weighted by molar-refractivity contribution is 0.0816. The standard InChI is InChI=1S/C15H18N2O/c1-11(16)13-10-15(6-8-17-9-7-15)18-14-5-3-2-4-12(13)14/h2-5,10,17H,1,6-9,16H2. The molecule has 2 heterocycles. The maximum Gasteiger partial charge on any atom is 0.131 e. The zero-order valence-corrected chi connectivity index (χ0v) is 10.4. The van der Waals surface area contributed by atoms with Crippen molar-refractivity contribution in [3.8, 4) is 5.75 Å². The highest BCUT2D eigenvalue weighted by molar-refractivity contribution is 5.83. The summed E-state index contributed by atoms with van der Waals surface area (Å²) in [5, 5.41) is 3.36. The Morgan fingerprint density at radius 2 is 2.00 bits per heavy atom. The molecular formula is C15H18N2O. The van der Waals surface area contributed by atoms with Crippen molar-refractivity contribution in [2.75, 3.05) is 13.1 Å². The molecule has 2 aliphatic rings. The average molecular weight is 242 g/mol. The molecular weight excluding hydrogens is 224 g/mol. The number of rotatable bonds is 1. The molecule has 1 fully saturated rings. The van der Waals surface area contributed by atoms with E-state index >= 15 is 0 Å². The van der Waals surface area contributed by atoms with Crippen LogP contribution >= 0.6 is 0 Å². The summed E-state index contributed by atoms with van der Waals surface area (Å²) in [5.74, 6) is 0.920. The number of piperidine rings is 1. The lowest BCUT2D eigenvalue weighted by Crippen LogP contribution is -2.46. The third-order valence-corrected chi connectivity index (χ3v) is 3.69. The maximum atomic E-state index is 6.23. The summed E-state index contributed by atoms with van der Waals surface area (Å²) >= 11 is 0. The van der Waals surface area contributed by atoms with Crippen molar-refractivity contribution in [1.82, 2.24) is 5.32 Å². The molecule has 0 saturated carbocycles. The molecule has 0 aromatic heterocycles. The molecule has 3 nitrogen and oxygen atoms in total. The fourth-order valence-electron chi connectivity index (χ4n) is 2.73. The van der Waals surface area contributed by atoms with Crippen molar-refractivity contribution in [2.24, 2.45) is 5.73 Å². The van der Waals surface area contributed by atoms with E-state index in [0.29, 0.717) is 5.70 Å². The Balaban J connectivity index is 2.09. The number of allylic oxidation sites excluding steroid dienone is 1. The molecule has 3 rings (SSSR count). The minimum absolute atomic E-state index is 0.211. The molecule has 1 aromatic rings. The first-order valence-corrected chi connectivity index (χ1v) is 6.37. The molecule has 1 saturated heterocycles. The van der Waals surface area contributed by atoms with Gasteiger partial charge in [-0.15, -0.1) is 0 Å². The Morgan fingerprint density at radius 1 is 1.28 bits per heavy atom. The van der Waals surface area contributed by atoms with Crippen LogP contribution in [0.3, 0.4) is 0 Å². The summed E-state index contributed by atoms with van der Waals surface area (Å²) in [6, 6.07) is 8.04. The number of hydrogen-bond donors (Lipinski definition) is 2. The number of nitrogens with two attached hydrogens (primary N) is 1. The van der Waals surface area contributed by atoms with E-state index in [1.807, 2.05) is 24.3 Å². The summed E-state index contributed by atoms with van der Waals surface area (Å²) in [4.78, 5) is 0. The topological polar surface area (TPSA) is 47.3 Å². The van der Waals surface area contributed by atoms with Crippen molar-refractivity contribution >= 4 is 5.57 Å². The average Bonchev–Trinajstić information content (AvgIpc) is 2.38. The second-order valence-electron chi connectivity index (χ2n) is 5.00. The van der Waals surface area contributed by atoms with Crippen LogP contribution in [0.1, 0.15) is 18.4 Å². The smallest absolute Gasteiger partial charge is 0.131 e. The maximum absolute atomic E-state index is 6.23. The van der Waals surface area contributed by atoms with E-state index in [-0.39, 0.29) is 5.60 Å². The zero-order chi connectivity index (χ0) is 12.6. The fourth-order valence-corrected chi connectivity index (χ4v) is 2.73. The normalized spacial score (nSPS) is 20.8. The van der Waals surface area contributed by atoms with Crippen molar-refractivity contribution in [1.29, 1.82) is 0 Å². The highest BCUT2D eigenvalue weighted by Crippen LogP contribution is 2.41. The molecule has 3 N–H and O–H groups in total. The second kappa shape index (κ2) is 4.18. The molecule has 1 spiro atoms. The highest BCUT2D eigenvalue weighted by atomic mass is 16.5. The van der Waals surface area contributed by atoms with Gasteiger partial charge in [0.25, 0.3) is 0 Å². The molecule has 18 heavy (non-hydrogen) atoms. The van der Waals surface area contributed by atoms with Gasteiger partial charge in [-0.25, -0.2) is 0 Å². The Labute approximate surface area is 107 Å². The molecule has 94 valence electrons. The lowest BCUT2D eigenvalue weighted by atomic mass is 9.85. The molecule has 3 heteroatoms. The number of ether oxygens (including phenoxy) is 1. The summed E-state index contributed by atoms with van der Waals surface area (Å²) in [7, 11) is 0. The van der Waals surface area contributed by atoms with Crippen LogP contribution in [0.15, 0.2) is 42.6 Å². The van der Waals surface area contributed by atoms with Crippen LogP contribution in [0.2, 0.25) is 0 Å². The van der Waals surface area contributed by atoms with E-state index in [4.69, 9.17) is 10.5 Å². The zero-order valence-electron chi connectivity index (χ0n) is 10.4. The molecule has 1 aromatic carbocycles. The van der Waals surface area contributed by atoms with Crippen LogP contribution in [0.5, 0.6) is 5.75 Å². The van der Waals surface area contributed by atoms with Crippen molar-refractivity contribution in [2.45, 2.75) is 18.4 Å². The third-order valence-electron chi connectivity index (χ3n) is 3.69. The molecule has 0 bridgehead atoms. The van der Waals surface area contributed by atoms with Gasteiger partial charge in [-0.1, -0.05) is 24.8 Å². The van der Waals surface area contributed by atoms with Gasteiger partial charge in [0.1, 0.15) is 11.4 Å². The number of fused-ring (bicyclic) bond motifs is 1. The molecule has 0 amide bonds. The van der Waals surface area contributed by atoms with Gasteiger partial charge >= 0.3 is 0 Å². The number of nitrogens with one attached hydrogen (secondary N) is 1. The van der Waals surface area contributed by atoms with Gasteiger partial charge in [-0.2, -0.15) is 0 Å². The van der Waals surface area contributed by atoms with Crippen molar-refractivity contribution in [3.63, 3.8) is 0 Å². The summed E-state index contributed by atoms with van der Waals surface area (Å²) in [5.41, 5.74) is 8.42. The van der Waals surface area contributed by atoms with Crippen LogP contribution < -0.4 is 15.8 Å². The second-order valence-corrected chi connectivity index (χ2v) is 5.00. The van der Waals surface area contributed by atoms with Gasteiger partial charge in [-0.05, 0) is 25.2 Å². The summed E-state index contributed by atoms with van der Waals surface area (Å²) in [6.07, 6.45) is 4.11. The summed E-state index contributed by atoms with van der Waals surface area (Å²) in [6.45, 7) is 5.84. The van der Waals surface area contributed by atoms with Gasteiger partial charge in [0, 0.05) is 29.7 Å². The van der Waals surface area contributed by atoms with Crippen LogP contribution in [-0.4, -0.2) is 18.7 Å². The van der Waals surface area contributed by atoms with Crippen molar-refractivity contribution in [3.05, 3.63) is 48.2 Å². The van der Waals surface area contributed by atoms with E-state index < -0.39 is 0 Å². The van der Waals surface area contributed by atoms with Crippen LogP contribution in [0, 0.1) is 0 Å². The largest absolute Gasteiger partial charge is 0.482 e. The first-order chi connectivity index (χ1) is 8.70. The Hall–Kier alpha value is -1.74. The van der Waals surface area contributed by atoms with Gasteiger partial charge in [0.2, 0.25) is 0 Å². The first kappa shape index (κ1) is 11.4. The van der Waals surface area contributed by atoms with Gasteiger partial charge in [-0.3, -0.25) is 0 Å². The minimum atomic E-state index is -0.211. The first-order valence-electron chi connectivity index (χ1n) is 6.37. The number of hydrogen-bond acceptors (Lipinski definition) is 3. The van der Waals surface area contributed by atoms with E-state index in [0.717, 1.165) is 42.8 Å². The molecule has 0 radical (unpaired) electrons. The van der Waals surface area contributed by atoms with Gasteiger partial charge in [0.05, 0.1) is 0 Å². The van der Waals surface area contributed by atoms with Gasteiger partial charge in [0.15, 0.2) is 0 Å². The molecule has 0 unspecified atom stereocenters. The highest BCUT2D eigenvalue weighted by Gasteiger charge is 2.36. The van der Waals surface area contributed by atoms with E-state index in [9.17, 15) is 0 Å².